The normalized spacial score (nSPS) is 33.3. The number of hydrogen-bond acceptors (Lipinski definition) is 4. The van der Waals surface area contributed by atoms with E-state index in [-0.39, 0.29) is 0 Å². The first-order valence-corrected chi connectivity index (χ1v) is 8.68. The Balaban J connectivity index is 1.55. The average molecular weight is 293 g/mol. The molecule has 3 rings (SSSR count). The van der Waals surface area contributed by atoms with Crippen LogP contribution in [0, 0.1) is 18.8 Å². The van der Waals surface area contributed by atoms with E-state index in [2.05, 4.69) is 42.9 Å². The van der Waals surface area contributed by atoms with Crippen molar-refractivity contribution in [2.24, 2.45) is 11.8 Å². The molecule has 0 amide bonds. The number of aromatic nitrogens is 1. The Morgan fingerprint density at radius 2 is 1.70 bits per heavy atom. The molecule has 2 aliphatic carbocycles. The van der Waals surface area contributed by atoms with E-state index >= 15 is 0 Å². The summed E-state index contributed by atoms with van der Waals surface area (Å²) >= 11 is 1.80. The van der Waals surface area contributed by atoms with Crippen molar-refractivity contribution in [1.29, 1.82) is 0 Å². The second kappa shape index (κ2) is 5.74. The molecule has 0 bridgehead atoms. The first-order valence-electron chi connectivity index (χ1n) is 7.80. The van der Waals surface area contributed by atoms with Crippen LogP contribution in [0.4, 0.5) is 0 Å². The van der Waals surface area contributed by atoms with Crippen LogP contribution in [0.3, 0.4) is 0 Å². The Hall–Kier alpha value is -0.450. The molecule has 2 aliphatic rings. The first kappa shape index (κ1) is 14.5. The molecule has 0 spiro atoms. The quantitative estimate of drug-likeness (QED) is 0.851. The smallest absolute Gasteiger partial charge is 0.0798 e. The Morgan fingerprint density at radius 3 is 2.20 bits per heavy atom. The van der Waals surface area contributed by atoms with Crippen LogP contribution in [0.5, 0.6) is 0 Å². The van der Waals surface area contributed by atoms with Crippen LogP contribution in [-0.4, -0.2) is 48.0 Å². The summed E-state index contributed by atoms with van der Waals surface area (Å²) in [4.78, 5) is 10.8. The lowest BCUT2D eigenvalue weighted by Crippen LogP contribution is -2.31. The summed E-state index contributed by atoms with van der Waals surface area (Å²) in [6, 6.07) is 1.62. The van der Waals surface area contributed by atoms with Gasteiger partial charge >= 0.3 is 0 Å². The minimum atomic E-state index is 0.787. The van der Waals surface area contributed by atoms with Gasteiger partial charge in [-0.2, -0.15) is 0 Å². The Labute approximate surface area is 127 Å². The average Bonchev–Trinajstić information content (AvgIpc) is 3.03. The zero-order valence-electron chi connectivity index (χ0n) is 13.2. The summed E-state index contributed by atoms with van der Waals surface area (Å²) in [5.41, 5.74) is 3.19. The van der Waals surface area contributed by atoms with Gasteiger partial charge < -0.3 is 4.90 Å². The van der Waals surface area contributed by atoms with E-state index in [1.54, 1.807) is 11.3 Å². The highest BCUT2D eigenvalue weighted by Gasteiger charge is 2.43. The molecule has 1 aromatic heterocycles. The summed E-state index contributed by atoms with van der Waals surface area (Å²) in [5.74, 6) is 1.94. The largest absolute Gasteiger partial charge is 0.306 e. The summed E-state index contributed by atoms with van der Waals surface area (Å²) in [6.07, 6.45) is 5.65. The van der Waals surface area contributed by atoms with E-state index in [1.807, 2.05) is 5.51 Å². The van der Waals surface area contributed by atoms with Crippen molar-refractivity contribution < 1.29 is 0 Å². The predicted molar refractivity (Wildman–Crippen MR) is 85.0 cm³/mol. The first-order chi connectivity index (χ1) is 9.54. The second-order valence-electron chi connectivity index (χ2n) is 7.01. The molecule has 1 aromatic rings. The van der Waals surface area contributed by atoms with E-state index in [0.717, 1.165) is 30.5 Å². The van der Waals surface area contributed by atoms with Gasteiger partial charge in [0.15, 0.2) is 0 Å². The number of fused-ring (bicyclic) bond motifs is 1. The summed E-state index contributed by atoms with van der Waals surface area (Å²) < 4.78 is 0. The van der Waals surface area contributed by atoms with Crippen LogP contribution in [-0.2, 0) is 6.54 Å². The highest BCUT2D eigenvalue weighted by atomic mass is 32.1. The highest BCUT2D eigenvalue weighted by Crippen LogP contribution is 2.46. The van der Waals surface area contributed by atoms with Gasteiger partial charge in [-0.1, -0.05) is 0 Å². The monoisotopic (exact) mass is 293 g/mol. The molecule has 2 fully saturated rings. The zero-order chi connectivity index (χ0) is 14.3. The molecular weight excluding hydrogens is 266 g/mol. The molecule has 1 heterocycles. The van der Waals surface area contributed by atoms with Crippen LogP contribution in [0.2, 0.25) is 0 Å². The molecule has 4 atom stereocenters. The van der Waals surface area contributed by atoms with Crippen molar-refractivity contribution in [1.82, 2.24) is 14.8 Å². The van der Waals surface area contributed by atoms with Gasteiger partial charge in [0.25, 0.3) is 0 Å². The van der Waals surface area contributed by atoms with Crippen LogP contribution in [0.1, 0.15) is 36.3 Å². The third-order valence-corrected chi connectivity index (χ3v) is 6.48. The van der Waals surface area contributed by atoms with E-state index in [4.69, 9.17) is 0 Å². The number of aryl methyl sites for hydroxylation is 1. The summed E-state index contributed by atoms with van der Waals surface area (Å²) in [6.45, 7) is 3.21. The van der Waals surface area contributed by atoms with Gasteiger partial charge in [0.1, 0.15) is 0 Å². The Morgan fingerprint density at radius 1 is 1.10 bits per heavy atom. The van der Waals surface area contributed by atoms with Crippen molar-refractivity contribution in [2.75, 3.05) is 21.1 Å². The Bertz CT molecular complexity index is 442. The standard InChI is InChI=1S/C16H27N3S/c1-11-16(20-10-17-11)9-19(4)15-7-12-5-14(18(2)3)6-13(12)8-15/h10,12-15H,5-9H2,1-4H3/t12-,13+,14?,15?. The van der Waals surface area contributed by atoms with Crippen molar-refractivity contribution in [3.8, 4) is 0 Å². The molecule has 2 unspecified atom stereocenters. The van der Waals surface area contributed by atoms with Crippen LogP contribution in [0.15, 0.2) is 5.51 Å². The SMILES string of the molecule is Cc1ncsc1CN(C)C1C[C@H]2CC(N(C)C)C[C@H]2C1. The number of hydrogen-bond donors (Lipinski definition) is 0. The molecule has 2 saturated carbocycles. The zero-order valence-corrected chi connectivity index (χ0v) is 14.0. The molecule has 0 N–H and O–H groups in total. The van der Waals surface area contributed by atoms with E-state index in [1.165, 1.54) is 36.3 Å². The predicted octanol–water partition coefficient (Wildman–Crippen LogP) is 3.00. The molecule has 20 heavy (non-hydrogen) atoms. The lowest BCUT2D eigenvalue weighted by atomic mass is 10.0. The lowest BCUT2D eigenvalue weighted by Gasteiger charge is -2.26. The van der Waals surface area contributed by atoms with Crippen LogP contribution < -0.4 is 0 Å². The molecule has 0 aromatic carbocycles. The lowest BCUT2D eigenvalue weighted by molar-refractivity contribution is 0.213. The molecule has 0 radical (unpaired) electrons. The van der Waals surface area contributed by atoms with Crippen molar-refractivity contribution in [3.63, 3.8) is 0 Å². The molecule has 0 aliphatic heterocycles. The minimum absolute atomic E-state index is 0.787. The molecular formula is C16H27N3S. The van der Waals surface area contributed by atoms with Gasteiger partial charge in [-0.05, 0) is 65.6 Å². The van der Waals surface area contributed by atoms with Gasteiger partial charge in [-0.25, -0.2) is 4.98 Å². The van der Waals surface area contributed by atoms with Crippen LogP contribution in [0.25, 0.3) is 0 Å². The maximum absolute atomic E-state index is 4.37. The summed E-state index contributed by atoms with van der Waals surface area (Å²) in [7, 11) is 6.78. The van der Waals surface area contributed by atoms with Gasteiger partial charge in [-0.15, -0.1) is 11.3 Å². The molecule has 0 saturated heterocycles. The summed E-state index contributed by atoms with van der Waals surface area (Å²) in [5, 5.41) is 0. The second-order valence-corrected chi connectivity index (χ2v) is 7.95. The van der Waals surface area contributed by atoms with Gasteiger partial charge in [-0.3, -0.25) is 4.90 Å². The fraction of sp³-hybridized carbons (Fsp3) is 0.812. The topological polar surface area (TPSA) is 19.4 Å². The van der Waals surface area contributed by atoms with Crippen molar-refractivity contribution in [2.45, 2.75) is 51.2 Å². The van der Waals surface area contributed by atoms with E-state index < -0.39 is 0 Å². The van der Waals surface area contributed by atoms with Gasteiger partial charge in [0.05, 0.1) is 11.2 Å². The third-order valence-electron chi connectivity index (χ3n) is 5.56. The minimum Gasteiger partial charge on any atom is -0.306 e. The third kappa shape index (κ3) is 2.78. The number of rotatable bonds is 4. The fourth-order valence-corrected chi connectivity index (χ4v) is 5.01. The molecule has 112 valence electrons. The van der Waals surface area contributed by atoms with Gasteiger partial charge in [0.2, 0.25) is 0 Å². The maximum atomic E-state index is 4.37. The van der Waals surface area contributed by atoms with Crippen molar-refractivity contribution in [3.05, 3.63) is 16.1 Å². The van der Waals surface area contributed by atoms with Gasteiger partial charge in [0, 0.05) is 23.5 Å². The fourth-order valence-electron chi connectivity index (χ4n) is 4.17. The molecule has 3 nitrogen and oxygen atoms in total. The highest BCUT2D eigenvalue weighted by molar-refractivity contribution is 7.09. The van der Waals surface area contributed by atoms with Crippen LogP contribution >= 0.6 is 11.3 Å². The molecule has 4 heteroatoms. The Kier molecular flexibility index (Phi) is 4.16. The number of thiazole rings is 1. The van der Waals surface area contributed by atoms with E-state index in [0.29, 0.717) is 0 Å². The van der Waals surface area contributed by atoms with Crippen molar-refractivity contribution >= 4 is 11.3 Å². The van der Waals surface area contributed by atoms with E-state index in [9.17, 15) is 0 Å². The maximum Gasteiger partial charge on any atom is 0.0798 e. The number of nitrogens with zero attached hydrogens (tertiary/aromatic N) is 3.